The van der Waals surface area contributed by atoms with E-state index in [1.807, 2.05) is 19.9 Å². The highest BCUT2D eigenvalue weighted by Crippen LogP contribution is 2.22. The molecular formula is C12H22N2O. The van der Waals surface area contributed by atoms with Crippen molar-refractivity contribution in [1.29, 1.82) is 0 Å². The van der Waals surface area contributed by atoms with Crippen molar-refractivity contribution in [3.05, 3.63) is 23.7 Å². The van der Waals surface area contributed by atoms with E-state index in [1.165, 1.54) is 0 Å². The lowest BCUT2D eigenvalue weighted by molar-refractivity contribution is 0.227. The molecule has 0 aliphatic heterocycles. The highest BCUT2D eigenvalue weighted by Gasteiger charge is 2.14. The van der Waals surface area contributed by atoms with Crippen LogP contribution in [-0.4, -0.2) is 12.8 Å². The van der Waals surface area contributed by atoms with Crippen molar-refractivity contribution in [3.63, 3.8) is 0 Å². The summed E-state index contributed by atoms with van der Waals surface area (Å²) < 4.78 is 5.29. The Balaban J connectivity index is 4.63. The second-order valence-corrected chi connectivity index (χ2v) is 4.19. The molecule has 3 nitrogen and oxygen atoms in total. The van der Waals surface area contributed by atoms with E-state index in [1.54, 1.807) is 12.4 Å². The largest absolute Gasteiger partial charge is 0.478 e. The molecule has 0 bridgehead atoms. The van der Waals surface area contributed by atoms with E-state index in [4.69, 9.17) is 10.5 Å². The van der Waals surface area contributed by atoms with Crippen molar-refractivity contribution >= 4 is 6.21 Å². The van der Waals surface area contributed by atoms with Crippen LogP contribution < -0.4 is 5.73 Å². The molecule has 15 heavy (non-hydrogen) atoms. The zero-order chi connectivity index (χ0) is 11.9. The Morgan fingerprint density at radius 1 is 1.40 bits per heavy atom. The maximum Gasteiger partial charge on any atom is 0.208 e. The molecule has 0 amide bonds. The monoisotopic (exact) mass is 210 g/mol. The first-order valence-corrected chi connectivity index (χ1v) is 5.21. The molecular weight excluding hydrogens is 188 g/mol. The number of nitrogens with zero attached hydrogens (tertiary/aromatic N) is 1. The Labute approximate surface area is 92.7 Å². The molecule has 0 saturated carbocycles. The second-order valence-electron chi connectivity index (χ2n) is 4.19. The summed E-state index contributed by atoms with van der Waals surface area (Å²) in [5.74, 6) is 0.626. The van der Waals surface area contributed by atoms with Gasteiger partial charge in [-0.25, -0.2) is 4.99 Å². The van der Waals surface area contributed by atoms with Crippen LogP contribution in [0.4, 0.5) is 0 Å². The summed E-state index contributed by atoms with van der Waals surface area (Å²) in [5, 5.41) is 0. The van der Waals surface area contributed by atoms with Gasteiger partial charge >= 0.3 is 0 Å². The van der Waals surface area contributed by atoms with E-state index in [2.05, 4.69) is 25.8 Å². The van der Waals surface area contributed by atoms with Gasteiger partial charge in [-0.05, 0) is 37.1 Å². The van der Waals surface area contributed by atoms with Gasteiger partial charge in [-0.3, -0.25) is 0 Å². The van der Waals surface area contributed by atoms with E-state index >= 15 is 0 Å². The summed E-state index contributed by atoms with van der Waals surface area (Å²) in [6, 6.07) is 0. The van der Waals surface area contributed by atoms with Gasteiger partial charge in [-0.1, -0.05) is 20.8 Å². The molecule has 0 heterocycles. The lowest BCUT2D eigenvalue weighted by atomic mass is 9.88. The summed E-state index contributed by atoms with van der Waals surface area (Å²) in [6.07, 6.45) is 5.17. The minimum atomic E-state index is 0.00329. The summed E-state index contributed by atoms with van der Waals surface area (Å²) in [5.41, 5.74) is 6.54. The molecule has 0 spiro atoms. The van der Waals surface area contributed by atoms with E-state index in [-0.39, 0.29) is 5.41 Å². The molecule has 0 aromatic carbocycles. The summed E-state index contributed by atoms with van der Waals surface area (Å²) in [7, 11) is 0. The molecule has 0 fully saturated rings. The predicted molar refractivity (Wildman–Crippen MR) is 65.6 cm³/mol. The molecule has 0 aromatic rings. The molecule has 3 heteroatoms. The molecule has 0 saturated heterocycles. The van der Waals surface area contributed by atoms with Gasteiger partial charge in [0.05, 0.1) is 6.61 Å². The number of allylic oxidation sites excluding steroid dienone is 2. The van der Waals surface area contributed by atoms with Gasteiger partial charge in [0.25, 0.3) is 0 Å². The fraction of sp³-hybridized carbons (Fsp3) is 0.583. The number of hydrogen-bond acceptors (Lipinski definition) is 3. The van der Waals surface area contributed by atoms with Crippen LogP contribution in [-0.2, 0) is 4.74 Å². The quantitative estimate of drug-likeness (QED) is 0.573. The number of hydrogen-bond donors (Lipinski definition) is 1. The van der Waals surface area contributed by atoms with Gasteiger partial charge in [0.15, 0.2) is 0 Å². The van der Waals surface area contributed by atoms with Crippen LogP contribution in [0.5, 0.6) is 0 Å². The first kappa shape index (κ1) is 13.8. The van der Waals surface area contributed by atoms with Gasteiger partial charge in [0.2, 0.25) is 5.88 Å². The van der Waals surface area contributed by atoms with Crippen molar-refractivity contribution in [1.82, 2.24) is 0 Å². The van der Waals surface area contributed by atoms with Crippen molar-refractivity contribution < 1.29 is 4.74 Å². The molecule has 0 radical (unpaired) electrons. The molecule has 0 rings (SSSR count). The van der Waals surface area contributed by atoms with E-state index in [0.29, 0.717) is 12.5 Å². The van der Waals surface area contributed by atoms with Crippen molar-refractivity contribution in [2.75, 3.05) is 6.61 Å². The Morgan fingerprint density at radius 3 is 2.33 bits per heavy atom. The Bertz CT molecular complexity index is 270. The molecule has 0 aliphatic rings. The third-order valence-corrected chi connectivity index (χ3v) is 1.92. The normalized spacial score (nSPS) is 14.7. The zero-order valence-electron chi connectivity index (χ0n) is 10.4. The van der Waals surface area contributed by atoms with Crippen LogP contribution in [0.3, 0.4) is 0 Å². The maximum absolute atomic E-state index is 5.55. The second kappa shape index (κ2) is 6.27. The number of rotatable bonds is 4. The highest BCUT2D eigenvalue weighted by molar-refractivity contribution is 5.80. The standard InChI is InChI=1S/C12H22N2O/c1-6-11(15-7-2)14-9-10(8-13)12(3,4)5/h6,8-9H,7,13H2,1-5H3/b10-8+,11-6+,14-9-. The van der Waals surface area contributed by atoms with E-state index < -0.39 is 0 Å². The van der Waals surface area contributed by atoms with E-state index in [0.717, 1.165) is 5.57 Å². The SMILES string of the molecule is C\C=C(/N=C\C(=C/N)C(C)(C)C)OCC. The molecule has 2 N–H and O–H groups in total. The summed E-state index contributed by atoms with van der Waals surface area (Å²) >= 11 is 0. The minimum Gasteiger partial charge on any atom is -0.478 e. The third kappa shape index (κ3) is 5.25. The topological polar surface area (TPSA) is 47.6 Å². The molecule has 86 valence electrons. The molecule has 0 aliphatic carbocycles. The Hall–Kier alpha value is -1.25. The zero-order valence-corrected chi connectivity index (χ0v) is 10.4. The lowest BCUT2D eigenvalue weighted by Crippen LogP contribution is -2.12. The van der Waals surface area contributed by atoms with Gasteiger partial charge in [0, 0.05) is 6.21 Å². The first-order chi connectivity index (χ1) is 6.95. The Kier molecular flexibility index (Phi) is 5.75. The molecule has 0 atom stereocenters. The maximum atomic E-state index is 5.55. The van der Waals surface area contributed by atoms with Crippen molar-refractivity contribution in [3.8, 4) is 0 Å². The van der Waals surface area contributed by atoms with Crippen LogP contribution >= 0.6 is 0 Å². The number of ether oxygens (including phenoxy) is 1. The average molecular weight is 210 g/mol. The van der Waals surface area contributed by atoms with Crippen LogP contribution in [0.2, 0.25) is 0 Å². The number of nitrogens with two attached hydrogens (primary N) is 1. The third-order valence-electron chi connectivity index (χ3n) is 1.92. The fourth-order valence-electron chi connectivity index (χ4n) is 0.963. The van der Waals surface area contributed by atoms with Crippen molar-refractivity contribution in [2.45, 2.75) is 34.6 Å². The minimum absolute atomic E-state index is 0.00329. The van der Waals surface area contributed by atoms with Gasteiger partial charge in [0.1, 0.15) is 0 Å². The van der Waals surface area contributed by atoms with Crippen molar-refractivity contribution in [2.24, 2.45) is 16.1 Å². The lowest BCUT2D eigenvalue weighted by Gasteiger charge is -2.18. The van der Waals surface area contributed by atoms with E-state index in [9.17, 15) is 0 Å². The van der Waals surface area contributed by atoms with Gasteiger partial charge in [-0.15, -0.1) is 0 Å². The van der Waals surface area contributed by atoms with Gasteiger partial charge < -0.3 is 10.5 Å². The van der Waals surface area contributed by atoms with Crippen LogP contribution in [0.25, 0.3) is 0 Å². The fourth-order valence-corrected chi connectivity index (χ4v) is 0.963. The smallest absolute Gasteiger partial charge is 0.208 e. The summed E-state index contributed by atoms with van der Waals surface area (Å²) in [4.78, 5) is 4.24. The molecule has 0 aromatic heterocycles. The van der Waals surface area contributed by atoms with Gasteiger partial charge in [-0.2, -0.15) is 0 Å². The molecule has 0 unspecified atom stereocenters. The van der Waals surface area contributed by atoms with Crippen LogP contribution in [0, 0.1) is 5.41 Å². The average Bonchev–Trinajstić information content (AvgIpc) is 2.15. The number of aliphatic imine (C=N–C) groups is 1. The first-order valence-electron chi connectivity index (χ1n) is 5.21. The summed E-state index contributed by atoms with van der Waals surface area (Å²) in [6.45, 7) is 10.7. The Morgan fingerprint density at radius 2 is 2.00 bits per heavy atom. The highest BCUT2D eigenvalue weighted by atomic mass is 16.5. The van der Waals surface area contributed by atoms with Crippen LogP contribution in [0.15, 0.2) is 28.7 Å². The van der Waals surface area contributed by atoms with Crippen LogP contribution in [0.1, 0.15) is 34.6 Å². The predicted octanol–water partition coefficient (Wildman–Crippen LogP) is 2.84.